The number of hydroxylamine groups is 2. The number of rotatable bonds is 5. The van der Waals surface area contributed by atoms with Crippen molar-refractivity contribution in [3.05, 3.63) is 102 Å². The first-order chi connectivity index (χ1) is 14.4. The minimum absolute atomic E-state index is 0.0888. The van der Waals surface area contributed by atoms with Crippen molar-refractivity contribution in [1.82, 2.24) is 5.06 Å². The third-order valence-electron chi connectivity index (χ3n) is 4.65. The fraction of sp³-hybridized carbons (Fsp3) is 0.0435. The predicted molar refractivity (Wildman–Crippen MR) is 111 cm³/mol. The Hall–Kier alpha value is -3.55. The molecule has 1 aliphatic heterocycles. The lowest BCUT2D eigenvalue weighted by Crippen LogP contribution is -2.34. The van der Waals surface area contributed by atoms with Crippen LogP contribution in [0.3, 0.4) is 0 Å². The summed E-state index contributed by atoms with van der Waals surface area (Å²) in [5.74, 6) is -1.67. The maximum Gasteiger partial charge on any atom is 0.318 e. The first-order valence-corrected chi connectivity index (χ1v) is 10.5. The van der Waals surface area contributed by atoms with Crippen LogP contribution in [0, 0.1) is 6.92 Å². The number of carbonyl (C=O) groups excluding carboxylic acids is 2. The highest BCUT2D eigenvalue weighted by Gasteiger charge is 2.43. The summed E-state index contributed by atoms with van der Waals surface area (Å²) >= 11 is 0. The van der Waals surface area contributed by atoms with Crippen molar-refractivity contribution in [2.45, 2.75) is 11.8 Å². The van der Waals surface area contributed by atoms with E-state index in [0.29, 0.717) is 16.2 Å². The fourth-order valence-corrected chi connectivity index (χ4v) is 4.06. The van der Waals surface area contributed by atoms with Crippen LogP contribution in [-0.2, 0) is 24.0 Å². The molecule has 0 aromatic heterocycles. The summed E-state index contributed by atoms with van der Waals surface area (Å²) in [6.45, 7) is 1.81. The topological polar surface area (TPSA) is 80.8 Å². The van der Waals surface area contributed by atoms with Crippen LogP contribution in [0.4, 0.5) is 0 Å². The quantitative estimate of drug-likeness (QED) is 0.591. The van der Waals surface area contributed by atoms with Crippen molar-refractivity contribution in [2.75, 3.05) is 0 Å². The maximum absolute atomic E-state index is 13.1. The molecule has 4 rings (SSSR count). The van der Waals surface area contributed by atoms with Crippen molar-refractivity contribution >= 4 is 33.1 Å². The summed E-state index contributed by atoms with van der Waals surface area (Å²) in [6, 6.07) is 23.1. The SMILES string of the molecule is Cc1ccc(S(=O)(=O)ON2C(=O)C(c3ccccc3)=C(c3ccccc3)C2=O)cc1. The van der Waals surface area contributed by atoms with Gasteiger partial charge in [0, 0.05) is 0 Å². The van der Waals surface area contributed by atoms with Gasteiger partial charge >= 0.3 is 10.1 Å². The highest BCUT2D eigenvalue weighted by molar-refractivity contribution is 7.86. The van der Waals surface area contributed by atoms with Gasteiger partial charge in [-0.1, -0.05) is 78.4 Å². The van der Waals surface area contributed by atoms with Gasteiger partial charge in [0.05, 0.1) is 16.0 Å². The lowest BCUT2D eigenvalue weighted by Gasteiger charge is -2.14. The predicted octanol–water partition coefficient (Wildman–Crippen LogP) is 3.60. The number of nitrogens with zero attached hydrogens (tertiary/aromatic N) is 1. The third-order valence-corrected chi connectivity index (χ3v) is 5.85. The van der Waals surface area contributed by atoms with Crippen LogP contribution in [0.25, 0.3) is 11.1 Å². The molecule has 2 amide bonds. The summed E-state index contributed by atoms with van der Waals surface area (Å²) in [7, 11) is -4.38. The fourth-order valence-electron chi connectivity index (χ4n) is 3.17. The first-order valence-electron chi connectivity index (χ1n) is 9.13. The van der Waals surface area contributed by atoms with Crippen molar-refractivity contribution in [3.63, 3.8) is 0 Å². The van der Waals surface area contributed by atoms with Crippen LogP contribution < -0.4 is 0 Å². The maximum atomic E-state index is 13.1. The molecule has 0 atom stereocenters. The van der Waals surface area contributed by atoms with E-state index < -0.39 is 21.9 Å². The summed E-state index contributed by atoms with van der Waals surface area (Å²) in [5.41, 5.74) is 2.03. The summed E-state index contributed by atoms with van der Waals surface area (Å²) < 4.78 is 30.4. The monoisotopic (exact) mass is 419 g/mol. The Kier molecular flexibility index (Phi) is 5.07. The van der Waals surface area contributed by atoms with Crippen molar-refractivity contribution < 1.29 is 22.3 Å². The highest BCUT2D eigenvalue weighted by atomic mass is 32.2. The Morgan fingerprint density at radius 2 is 1.10 bits per heavy atom. The molecule has 6 nitrogen and oxygen atoms in total. The van der Waals surface area contributed by atoms with Crippen molar-refractivity contribution in [3.8, 4) is 0 Å². The number of amides is 2. The van der Waals surface area contributed by atoms with Crippen molar-refractivity contribution in [2.24, 2.45) is 0 Å². The summed E-state index contributed by atoms with van der Waals surface area (Å²) in [4.78, 5) is 26.1. The zero-order valence-electron chi connectivity index (χ0n) is 16.0. The smallest absolute Gasteiger partial charge is 0.266 e. The Labute approximate surface area is 174 Å². The standard InChI is InChI=1S/C23H17NO5S/c1-16-12-14-19(15-13-16)30(27,28)29-24-22(25)20(17-8-4-2-5-9-17)21(23(24)26)18-10-6-3-7-11-18/h2-15H,1H3. The van der Waals surface area contributed by atoms with Gasteiger partial charge in [0.25, 0.3) is 11.8 Å². The van der Waals surface area contributed by atoms with E-state index >= 15 is 0 Å². The molecular weight excluding hydrogens is 402 g/mol. The second kappa shape index (κ2) is 7.70. The number of carbonyl (C=O) groups is 2. The number of benzene rings is 3. The lowest BCUT2D eigenvalue weighted by molar-refractivity contribution is -0.160. The molecule has 3 aromatic rings. The Morgan fingerprint density at radius 3 is 1.53 bits per heavy atom. The van der Waals surface area contributed by atoms with E-state index in [2.05, 4.69) is 0 Å². The van der Waals surface area contributed by atoms with E-state index in [1.807, 2.05) is 6.92 Å². The largest absolute Gasteiger partial charge is 0.318 e. The molecule has 0 saturated carbocycles. The molecule has 0 aliphatic carbocycles. The van der Waals surface area contributed by atoms with Gasteiger partial charge in [-0.3, -0.25) is 9.59 Å². The van der Waals surface area contributed by atoms with E-state index in [4.69, 9.17) is 4.28 Å². The second-order valence-electron chi connectivity index (χ2n) is 6.73. The highest BCUT2D eigenvalue weighted by Crippen LogP contribution is 2.36. The molecule has 0 N–H and O–H groups in total. The van der Waals surface area contributed by atoms with Crippen LogP contribution in [0.5, 0.6) is 0 Å². The van der Waals surface area contributed by atoms with Crippen molar-refractivity contribution in [1.29, 1.82) is 0 Å². The molecule has 0 unspecified atom stereocenters. The van der Waals surface area contributed by atoms with Gasteiger partial charge < -0.3 is 0 Å². The summed E-state index contributed by atoms with van der Waals surface area (Å²) in [6.07, 6.45) is 0. The van der Waals surface area contributed by atoms with Gasteiger partial charge in [-0.15, -0.1) is 9.35 Å². The minimum atomic E-state index is -4.38. The van der Waals surface area contributed by atoms with Gasteiger partial charge in [0.1, 0.15) is 0 Å². The van der Waals surface area contributed by atoms with Gasteiger partial charge in [-0.05, 0) is 30.2 Å². The third kappa shape index (κ3) is 3.56. The first kappa shape index (κ1) is 19.8. The van der Waals surface area contributed by atoms with Gasteiger partial charge in [0.2, 0.25) is 0 Å². The number of aryl methyl sites for hydroxylation is 1. The average Bonchev–Trinajstić information content (AvgIpc) is 2.99. The van der Waals surface area contributed by atoms with Crippen LogP contribution in [0.2, 0.25) is 0 Å². The van der Waals surface area contributed by atoms with Crippen LogP contribution in [0.15, 0.2) is 89.8 Å². The molecule has 0 bridgehead atoms. The normalized spacial score (nSPS) is 14.5. The Morgan fingerprint density at radius 1 is 0.667 bits per heavy atom. The molecule has 30 heavy (non-hydrogen) atoms. The molecule has 3 aromatic carbocycles. The zero-order valence-corrected chi connectivity index (χ0v) is 16.8. The molecule has 1 heterocycles. The molecule has 0 fully saturated rings. The number of imide groups is 1. The van der Waals surface area contributed by atoms with Crippen LogP contribution in [0.1, 0.15) is 16.7 Å². The molecule has 150 valence electrons. The van der Waals surface area contributed by atoms with E-state index in [9.17, 15) is 18.0 Å². The van der Waals surface area contributed by atoms with E-state index in [1.165, 1.54) is 12.1 Å². The minimum Gasteiger partial charge on any atom is -0.266 e. The van der Waals surface area contributed by atoms with Gasteiger partial charge in [-0.25, -0.2) is 0 Å². The molecule has 1 aliphatic rings. The van der Waals surface area contributed by atoms with E-state index in [-0.39, 0.29) is 16.0 Å². The Bertz CT molecular complexity index is 1190. The molecule has 0 radical (unpaired) electrons. The van der Waals surface area contributed by atoms with Crippen LogP contribution in [-0.4, -0.2) is 25.3 Å². The van der Waals surface area contributed by atoms with E-state index in [0.717, 1.165) is 5.56 Å². The number of hydrogen-bond acceptors (Lipinski definition) is 5. The number of hydrogen-bond donors (Lipinski definition) is 0. The Balaban J connectivity index is 1.77. The van der Waals surface area contributed by atoms with E-state index in [1.54, 1.807) is 72.8 Å². The lowest BCUT2D eigenvalue weighted by atomic mass is 9.96. The van der Waals surface area contributed by atoms with Gasteiger partial charge in [0.15, 0.2) is 0 Å². The molecule has 0 saturated heterocycles. The molecule has 0 spiro atoms. The van der Waals surface area contributed by atoms with Crippen LogP contribution >= 0.6 is 0 Å². The second-order valence-corrected chi connectivity index (χ2v) is 8.26. The molecule has 7 heteroatoms. The summed E-state index contributed by atoms with van der Waals surface area (Å²) in [5, 5.41) is 0.319. The molecular formula is C23H17NO5S. The zero-order chi connectivity index (χ0) is 21.3. The average molecular weight is 419 g/mol. The van der Waals surface area contributed by atoms with Gasteiger partial charge in [-0.2, -0.15) is 8.42 Å².